The summed E-state index contributed by atoms with van der Waals surface area (Å²) in [5.41, 5.74) is 0.395. The van der Waals surface area contributed by atoms with E-state index in [1.54, 1.807) is 25.2 Å². The monoisotopic (exact) mass is 414 g/mol. The lowest BCUT2D eigenvalue weighted by molar-refractivity contribution is -0.185. The van der Waals surface area contributed by atoms with E-state index in [9.17, 15) is 22.8 Å². The number of hydrogen-bond acceptors (Lipinski definition) is 4. The Bertz CT molecular complexity index is 761. The smallest absolute Gasteiger partial charge is 0.391 e. The van der Waals surface area contributed by atoms with Crippen molar-refractivity contribution in [3.8, 4) is 11.5 Å². The van der Waals surface area contributed by atoms with Crippen molar-refractivity contribution >= 4 is 17.5 Å². The maximum atomic E-state index is 12.8. The van der Waals surface area contributed by atoms with Crippen LogP contribution < -0.4 is 14.8 Å². The van der Waals surface area contributed by atoms with Crippen LogP contribution in [0.15, 0.2) is 18.2 Å². The van der Waals surface area contributed by atoms with Crippen LogP contribution in [0.1, 0.15) is 38.5 Å². The average Bonchev–Trinajstić information content (AvgIpc) is 3.00. The first-order valence-corrected chi connectivity index (χ1v) is 9.67. The van der Waals surface area contributed by atoms with Crippen LogP contribution in [0.5, 0.6) is 11.5 Å². The molecule has 1 aliphatic heterocycles. The summed E-state index contributed by atoms with van der Waals surface area (Å²) >= 11 is 0. The number of carbonyl (C=O) groups is 2. The molecule has 9 heteroatoms. The van der Waals surface area contributed by atoms with Crippen molar-refractivity contribution in [1.29, 1.82) is 0 Å². The van der Waals surface area contributed by atoms with E-state index in [4.69, 9.17) is 9.47 Å². The molecule has 0 spiro atoms. The van der Waals surface area contributed by atoms with Gasteiger partial charge in [0.1, 0.15) is 17.5 Å². The molecule has 1 saturated carbocycles. The number of carbonyl (C=O) groups excluding carboxylic acids is 2. The van der Waals surface area contributed by atoms with Gasteiger partial charge in [0.05, 0.1) is 24.8 Å². The third-order valence-corrected chi connectivity index (χ3v) is 5.66. The number of likely N-dealkylation sites (N-methyl/N-ethyl adjacent to an activating group) is 1. The molecule has 160 valence electrons. The molecule has 1 atom stereocenters. The number of nitrogens with zero attached hydrogens (tertiary/aromatic N) is 1. The number of hydrogen-bond donors (Lipinski definition) is 1. The zero-order chi connectivity index (χ0) is 21.2. The lowest BCUT2D eigenvalue weighted by Crippen LogP contribution is -2.38. The van der Waals surface area contributed by atoms with Gasteiger partial charge in [0, 0.05) is 19.5 Å². The molecule has 0 bridgehead atoms. The summed E-state index contributed by atoms with van der Waals surface area (Å²) in [6.45, 7) is 0. The third-order valence-electron chi connectivity index (χ3n) is 5.66. The van der Waals surface area contributed by atoms with Gasteiger partial charge in [-0.3, -0.25) is 9.59 Å². The molecule has 6 nitrogen and oxygen atoms in total. The Labute approximate surface area is 167 Å². The number of nitrogens with one attached hydrogen (secondary N) is 1. The number of methoxy groups -OCH3 is 1. The lowest BCUT2D eigenvalue weighted by Gasteiger charge is -2.30. The van der Waals surface area contributed by atoms with Crippen LogP contribution in [-0.2, 0) is 9.59 Å². The first kappa shape index (κ1) is 21.3. The van der Waals surface area contributed by atoms with E-state index >= 15 is 0 Å². The van der Waals surface area contributed by atoms with E-state index in [0.717, 1.165) is 0 Å². The fourth-order valence-electron chi connectivity index (χ4n) is 3.89. The predicted octanol–water partition coefficient (Wildman–Crippen LogP) is 3.75. The third kappa shape index (κ3) is 4.94. The Hall–Kier alpha value is -2.45. The van der Waals surface area contributed by atoms with Crippen LogP contribution in [0, 0.1) is 5.92 Å². The Morgan fingerprint density at radius 3 is 2.41 bits per heavy atom. The topological polar surface area (TPSA) is 67.9 Å². The summed E-state index contributed by atoms with van der Waals surface area (Å²) in [6, 6.07) is 4.35. The van der Waals surface area contributed by atoms with Gasteiger partial charge in [-0.1, -0.05) is 0 Å². The van der Waals surface area contributed by atoms with E-state index in [1.165, 1.54) is 12.0 Å². The number of rotatable bonds is 5. The molecule has 2 fully saturated rings. The van der Waals surface area contributed by atoms with Gasteiger partial charge in [0.15, 0.2) is 0 Å². The maximum Gasteiger partial charge on any atom is 0.391 e. The van der Waals surface area contributed by atoms with Gasteiger partial charge in [-0.05, 0) is 44.2 Å². The molecule has 1 aromatic carbocycles. The number of likely N-dealkylation sites (tertiary alicyclic amines) is 1. The Morgan fingerprint density at radius 2 is 1.86 bits per heavy atom. The molecule has 1 N–H and O–H groups in total. The normalized spacial score (nSPS) is 25.1. The standard InChI is InChI=1S/C20H25F3N2O4/c1-25-16(8-10-18(25)26)19(27)24-15-11-14(7-9-17(15)28-2)29-13-5-3-12(4-6-13)20(21,22)23/h7,9,11-13,16H,3-6,8,10H2,1-2H3,(H,24,27)/t12?,13?,16-/m1/s1. The highest BCUT2D eigenvalue weighted by Crippen LogP contribution is 2.39. The maximum absolute atomic E-state index is 12.8. The minimum atomic E-state index is -4.16. The summed E-state index contributed by atoms with van der Waals surface area (Å²) in [7, 11) is 3.06. The van der Waals surface area contributed by atoms with Gasteiger partial charge in [-0.15, -0.1) is 0 Å². The minimum Gasteiger partial charge on any atom is -0.495 e. The highest BCUT2D eigenvalue weighted by atomic mass is 19.4. The van der Waals surface area contributed by atoms with Crippen molar-refractivity contribution in [2.75, 3.05) is 19.5 Å². The number of benzene rings is 1. The molecular weight excluding hydrogens is 389 g/mol. The lowest BCUT2D eigenvalue weighted by atomic mass is 9.87. The molecular formula is C20H25F3N2O4. The first-order chi connectivity index (χ1) is 13.7. The summed E-state index contributed by atoms with van der Waals surface area (Å²) in [5, 5.41) is 2.77. The van der Waals surface area contributed by atoms with Crippen LogP contribution in [0.2, 0.25) is 0 Å². The van der Waals surface area contributed by atoms with E-state index in [-0.39, 0.29) is 30.8 Å². The second-order valence-electron chi connectivity index (χ2n) is 7.54. The summed E-state index contributed by atoms with van der Waals surface area (Å²) < 4.78 is 49.6. The molecule has 0 unspecified atom stereocenters. The largest absolute Gasteiger partial charge is 0.495 e. The van der Waals surface area contributed by atoms with Crippen molar-refractivity contribution in [2.45, 2.75) is 56.8 Å². The predicted molar refractivity (Wildman–Crippen MR) is 99.8 cm³/mol. The van der Waals surface area contributed by atoms with Gasteiger partial charge in [-0.25, -0.2) is 0 Å². The minimum absolute atomic E-state index is 0.0515. The fraction of sp³-hybridized carbons (Fsp3) is 0.600. The molecule has 1 aromatic rings. The van der Waals surface area contributed by atoms with Gasteiger partial charge >= 0.3 is 6.18 Å². The zero-order valence-electron chi connectivity index (χ0n) is 16.4. The summed E-state index contributed by atoms with van der Waals surface area (Å²) in [5.74, 6) is -0.784. The molecule has 0 radical (unpaired) electrons. The number of anilines is 1. The van der Waals surface area contributed by atoms with E-state index in [2.05, 4.69) is 5.32 Å². The Morgan fingerprint density at radius 1 is 1.17 bits per heavy atom. The number of alkyl halides is 3. The quantitative estimate of drug-likeness (QED) is 0.797. The van der Waals surface area contributed by atoms with Crippen LogP contribution in [0.25, 0.3) is 0 Å². The first-order valence-electron chi connectivity index (χ1n) is 9.67. The Kier molecular flexibility index (Phi) is 6.24. The second-order valence-corrected chi connectivity index (χ2v) is 7.54. The van der Waals surface area contributed by atoms with Crippen LogP contribution in [-0.4, -0.2) is 49.2 Å². The van der Waals surface area contributed by atoms with E-state index in [1.807, 2.05) is 0 Å². The van der Waals surface area contributed by atoms with Crippen LogP contribution >= 0.6 is 0 Å². The average molecular weight is 414 g/mol. The van der Waals surface area contributed by atoms with Crippen molar-refractivity contribution < 1.29 is 32.2 Å². The van der Waals surface area contributed by atoms with E-state index < -0.39 is 18.1 Å². The molecule has 2 aliphatic rings. The molecule has 0 aromatic heterocycles. The highest BCUT2D eigenvalue weighted by molar-refractivity contribution is 5.99. The number of halogens is 3. The molecule has 3 rings (SSSR count). The summed E-state index contributed by atoms with van der Waals surface area (Å²) in [6.07, 6.45) is -2.93. The van der Waals surface area contributed by atoms with Crippen molar-refractivity contribution in [3.05, 3.63) is 18.2 Å². The van der Waals surface area contributed by atoms with Crippen LogP contribution in [0.3, 0.4) is 0 Å². The number of amides is 2. The van der Waals surface area contributed by atoms with Crippen molar-refractivity contribution in [1.82, 2.24) is 4.90 Å². The Balaban J connectivity index is 1.65. The van der Waals surface area contributed by atoms with Gasteiger partial charge in [-0.2, -0.15) is 13.2 Å². The second kappa shape index (κ2) is 8.51. The van der Waals surface area contributed by atoms with Gasteiger partial charge in [0.25, 0.3) is 0 Å². The van der Waals surface area contributed by atoms with Crippen LogP contribution in [0.4, 0.5) is 18.9 Å². The number of ether oxygens (including phenoxy) is 2. The molecule has 1 saturated heterocycles. The molecule has 29 heavy (non-hydrogen) atoms. The summed E-state index contributed by atoms with van der Waals surface area (Å²) in [4.78, 5) is 25.6. The molecule has 2 amide bonds. The van der Waals surface area contributed by atoms with Crippen molar-refractivity contribution in [2.24, 2.45) is 5.92 Å². The SMILES string of the molecule is COc1ccc(OC2CCC(C(F)(F)F)CC2)cc1NC(=O)[C@H]1CCC(=O)N1C. The zero-order valence-corrected chi connectivity index (χ0v) is 16.4. The van der Waals surface area contributed by atoms with Crippen molar-refractivity contribution in [3.63, 3.8) is 0 Å². The molecule has 1 heterocycles. The fourth-order valence-corrected chi connectivity index (χ4v) is 3.89. The van der Waals surface area contributed by atoms with Gasteiger partial charge < -0.3 is 19.7 Å². The highest BCUT2D eigenvalue weighted by Gasteiger charge is 2.41. The van der Waals surface area contributed by atoms with E-state index in [0.29, 0.717) is 42.9 Å². The molecule has 1 aliphatic carbocycles. The van der Waals surface area contributed by atoms with Gasteiger partial charge in [0.2, 0.25) is 11.8 Å².